The number of carbonyl (C=O) groups excluding carboxylic acids is 1. The number of esters is 1. The predicted molar refractivity (Wildman–Crippen MR) is 178 cm³/mol. The molecule has 0 N–H and O–H groups in total. The van der Waals surface area contributed by atoms with Crippen LogP contribution < -0.4 is 0 Å². The quantitative estimate of drug-likeness (QED) is 0.106. The summed E-state index contributed by atoms with van der Waals surface area (Å²) in [6.07, 6.45) is 11.1. The lowest BCUT2D eigenvalue weighted by Crippen LogP contribution is -2.53. The van der Waals surface area contributed by atoms with Crippen molar-refractivity contribution in [1.82, 2.24) is 0 Å². The Morgan fingerprint density at radius 1 is 0.795 bits per heavy atom. The lowest BCUT2D eigenvalue weighted by molar-refractivity contribution is 0.0498. The van der Waals surface area contributed by atoms with Crippen LogP contribution in [0, 0.1) is 5.92 Å². The normalized spacial score (nSPS) is 20.5. The molecule has 0 bridgehead atoms. The lowest BCUT2D eigenvalue weighted by Gasteiger charge is -2.41. The largest absolute Gasteiger partial charge is 0.462 e. The topological polar surface area (TPSA) is 44.8 Å². The molecule has 1 aromatic rings. The van der Waals surface area contributed by atoms with Crippen molar-refractivity contribution < 1.29 is 17.8 Å². The molecule has 0 aliphatic heterocycles. The highest BCUT2D eigenvalue weighted by Gasteiger charge is 2.42. The molecule has 4 nitrogen and oxygen atoms in total. The monoisotopic (exact) mass is 608 g/mol. The van der Waals surface area contributed by atoms with Crippen LogP contribution in [0.15, 0.2) is 24.3 Å². The van der Waals surface area contributed by atoms with Gasteiger partial charge in [-0.1, -0.05) is 44.7 Å². The Bertz CT molecular complexity index is 868. The first kappa shape index (κ1) is 34.7. The number of carbonyl (C=O) groups is 1. The summed E-state index contributed by atoms with van der Waals surface area (Å²) in [4.78, 5) is 12.6. The molecule has 1 saturated carbocycles. The number of rotatable bonds is 16. The van der Waals surface area contributed by atoms with Gasteiger partial charge in [0.25, 0.3) is 0 Å². The highest BCUT2D eigenvalue weighted by Crippen LogP contribution is 2.37. The van der Waals surface area contributed by atoms with Gasteiger partial charge in [-0.3, -0.25) is 0 Å². The fourth-order valence-electron chi connectivity index (χ4n) is 6.79. The molecule has 0 spiro atoms. The highest BCUT2D eigenvalue weighted by molar-refractivity contribution is 6.96. The Morgan fingerprint density at radius 2 is 1.38 bits per heavy atom. The average molecular weight is 609 g/mol. The van der Waals surface area contributed by atoms with Crippen molar-refractivity contribution in [2.75, 3.05) is 6.61 Å². The minimum atomic E-state index is -1.87. The Balaban J connectivity index is 1.77. The van der Waals surface area contributed by atoms with E-state index < -0.39 is 33.3 Å². The van der Waals surface area contributed by atoms with Crippen molar-refractivity contribution in [2.45, 2.75) is 141 Å². The van der Waals surface area contributed by atoms with Gasteiger partial charge in [-0.2, -0.15) is 0 Å². The maximum Gasteiger partial charge on any atom is 0.338 e. The summed E-state index contributed by atoms with van der Waals surface area (Å²) in [6.45, 7) is 23.8. The molecular weight excluding hydrogens is 549 g/mol. The van der Waals surface area contributed by atoms with Crippen LogP contribution in [0.5, 0.6) is 0 Å². The fraction of sp³-hybridized carbons (Fsp3) is 0.774. The van der Waals surface area contributed by atoms with E-state index in [1.54, 1.807) is 0 Å². The SMILES string of the molecule is CCCC1CCC(c2ccc(C(=O)OCCCCC[Si](C)(C[Si](C)(C)O[Si](C)(C)C)O[Si](C)(C)C)cc2)CC1. The minimum absolute atomic E-state index is 0.189. The van der Waals surface area contributed by atoms with Crippen molar-refractivity contribution in [2.24, 2.45) is 5.92 Å². The fourth-order valence-corrected chi connectivity index (χ4v) is 30.5. The van der Waals surface area contributed by atoms with Crippen LogP contribution in [-0.2, 0) is 13.0 Å². The first-order chi connectivity index (χ1) is 18.0. The first-order valence-electron chi connectivity index (χ1n) is 15.7. The molecule has 1 aliphatic rings. The number of benzene rings is 1. The molecule has 0 amide bonds. The van der Waals surface area contributed by atoms with Gasteiger partial charge in [-0.25, -0.2) is 4.79 Å². The van der Waals surface area contributed by atoms with E-state index in [0.29, 0.717) is 18.1 Å². The van der Waals surface area contributed by atoms with Gasteiger partial charge in [0.15, 0.2) is 33.3 Å². The number of hydrogen-bond donors (Lipinski definition) is 0. The molecule has 39 heavy (non-hydrogen) atoms. The van der Waals surface area contributed by atoms with Crippen molar-refractivity contribution in [3.63, 3.8) is 0 Å². The molecule has 2 rings (SSSR count). The molecule has 1 fully saturated rings. The second-order valence-electron chi connectivity index (χ2n) is 14.9. The Labute approximate surface area is 245 Å². The van der Waals surface area contributed by atoms with Crippen molar-refractivity contribution in [1.29, 1.82) is 0 Å². The van der Waals surface area contributed by atoms with E-state index in [1.165, 1.54) is 55.8 Å². The van der Waals surface area contributed by atoms with Crippen molar-refractivity contribution in [3.8, 4) is 0 Å². The van der Waals surface area contributed by atoms with Gasteiger partial charge in [0.1, 0.15) is 0 Å². The second-order valence-corrected chi connectivity index (χ2v) is 33.3. The molecule has 1 aliphatic carbocycles. The number of unbranched alkanes of at least 4 members (excludes halogenated alkanes) is 2. The van der Waals surface area contributed by atoms with E-state index in [1.807, 2.05) is 12.1 Å². The molecule has 0 saturated heterocycles. The summed E-state index contributed by atoms with van der Waals surface area (Å²) in [5.41, 5.74) is 3.23. The summed E-state index contributed by atoms with van der Waals surface area (Å²) in [5.74, 6) is 1.38. The first-order valence-corrected chi connectivity index (χ1v) is 28.4. The summed E-state index contributed by atoms with van der Waals surface area (Å²) < 4.78 is 19.2. The van der Waals surface area contributed by atoms with Crippen LogP contribution in [0.2, 0.25) is 70.6 Å². The molecule has 8 heteroatoms. The van der Waals surface area contributed by atoms with E-state index in [2.05, 4.69) is 78.0 Å². The van der Waals surface area contributed by atoms with Crippen molar-refractivity contribution >= 4 is 39.2 Å². The molecule has 1 unspecified atom stereocenters. The third-order valence-electron chi connectivity index (χ3n) is 7.68. The van der Waals surface area contributed by atoms with Gasteiger partial charge < -0.3 is 13.0 Å². The summed E-state index contributed by atoms with van der Waals surface area (Å²) in [6, 6.07) is 9.41. The molecule has 1 aromatic carbocycles. The Hall–Kier alpha value is -0.522. The zero-order valence-electron chi connectivity index (χ0n) is 27.1. The molecule has 1 atom stereocenters. The Kier molecular flexibility index (Phi) is 13.4. The number of hydrogen-bond acceptors (Lipinski definition) is 4. The molecule has 0 aromatic heterocycles. The van der Waals surface area contributed by atoms with E-state index in [-0.39, 0.29) is 5.97 Å². The van der Waals surface area contributed by atoms with Gasteiger partial charge >= 0.3 is 5.97 Å². The van der Waals surface area contributed by atoms with Gasteiger partial charge in [0.05, 0.1) is 12.2 Å². The lowest BCUT2D eigenvalue weighted by atomic mass is 9.77. The maximum absolute atomic E-state index is 12.6. The Morgan fingerprint density at radius 3 is 1.92 bits per heavy atom. The van der Waals surface area contributed by atoms with Gasteiger partial charge in [-0.05, 0) is 132 Å². The van der Waals surface area contributed by atoms with Gasteiger partial charge in [-0.15, -0.1) is 0 Å². The van der Waals surface area contributed by atoms with E-state index in [4.69, 9.17) is 13.0 Å². The van der Waals surface area contributed by atoms with E-state index in [9.17, 15) is 4.79 Å². The van der Waals surface area contributed by atoms with Crippen LogP contribution >= 0.6 is 0 Å². The van der Waals surface area contributed by atoms with Crippen LogP contribution in [0.3, 0.4) is 0 Å². The van der Waals surface area contributed by atoms with Crippen molar-refractivity contribution in [3.05, 3.63) is 35.4 Å². The predicted octanol–water partition coefficient (Wildman–Crippen LogP) is 10.1. The molecule has 224 valence electrons. The molecular formula is C31H60O4Si4. The zero-order chi connectivity index (χ0) is 29.3. The summed E-state index contributed by atoms with van der Waals surface area (Å²) >= 11 is 0. The summed E-state index contributed by atoms with van der Waals surface area (Å²) in [5, 5.41) is 0. The number of ether oxygens (including phenoxy) is 1. The second kappa shape index (κ2) is 15.1. The van der Waals surface area contributed by atoms with E-state index in [0.717, 1.165) is 25.2 Å². The minimum Gasteiger partial charge on any atom is -0.462 e. The third-order valence-corrected chi connectivity index (χ3v) is 24.6. The average Bonchev–Trinajstić information content (AvgIpc) is 2.78. The highest BCUT2D eigenvalue weighted by atomic mass is 28.5. The smallest absolute Gasteiger partial charge is 0.338 e. The molecule has 0 heterocycles. The standard InChI is InChI=1S/C31H60O4Si4/c1-11-15-27-16-18-28(19-17-27)29-20-22-30(23-21-29)31(32)33-24-13-12-14-25-39(10,35-37(5,6)7)26-38(8,9)34-36(2,3)4/h20-23,27-28H,11-19,24-26H2,1-10H3. The van der Waals surface area contributed by atoms with Crippen LogP contribution in [0.25, 0.3) is 0 Å². The summed E-state index contributed by atoms with van der Waals surface area (Å²) in [7, 11) is -6.84. The van der Waals surface area contributed by atoms with Crippen LogP contribution in [-0.4, -0.2) is 45.8 Å². The molecule has 0 radical (unpaired) electrons. The zero-order valence-corrected chi connectivity index (χ0v) is 31.1. The van der Waals surface area contributed by atoms with E-state index >= 15 is 0 Å². The third kappa shape index (κ3) is 13.8. The van der Waals surface area contributed by atoms with Gasteiger partial charge in [0, 0.05) is 0 Å². The van der Waals surface area contributed by atoms with Crippen LogP contribution in [0.4, 0.5) is 0 Å². The maximum atomic E-state index is 12.6. The van der Waals surface area contributed by atoms with Gasteiger partial charge in [0.2, 0.25) is 0 Å². The van der Waals surface area contributed by atoms with Crippen LogP contribution in [0.1, 0.15) is 86.6 Å².